The minimum absolute atomic E-state index is 0.0798. The average molecular weight is 308 g/mol. The fourth-order valence-corrected chi connectivity index (χ4v) is 1.89. The molecule has 2 rings (SSSR count). The van der Waals surface area contributed by atoms with Crippen molar-refractivity contribution in [3.05, 3.63) is 59.2 Å². The van der Waals surface area contributed by atoms with Crippen molar-refractivity contribution in [2.75, 3.05) is 10.6 Å². The van der Waals surface area contributed by atoms with Crippen LogP contribution in [0.25, 0.3) is 0 Å². The quantitative estimate of drug-likeness (QED) is 0.808. The van der Waals surface area contributed by atoms with Crippen molar-refractivity contribution >= 4 is 17.4 Å². The summed E-state index contributed by atoms with van der Waals surface area (Å²) >= 11 is 0. The molecule has 0 aliphatic heterocycles. The lowest BCUT2D eigenvalue weighted by Gasteiger charge is -2.11. The van der Waals surface area contributed by atoms with Crippen LogP contribution in [-0.4, -0.2) is 6.03 Å². The van der Waals surface area contributed by atoms with Gasteiger partial charge in [0.2, 0.25) is 0 Å². The number of halogens is 3. The molecular weight excluding hydrogens is 293 g/mol. The summed E-state index contributed by atoms with van der Waals surface area (Å²) in [7, 11) is 0. The molecule has 0 aromatic heterocycles. The summed E-state index contributed by atoms with van der Waals surface area (Å²) in [4.78, 5) is 11.8. The monoisotopic (exact) mass is 308 g/mol. The summed E-state index contributed by atoms with van der Waals surface area (Å²) in [6, 6.07) is 9.27. The van der Waals surface area contributed by atoms with Crippen LogP contribution in [0.3, 0.4) is 0 Å². The number of carbonyl (C=O) groups is 1. The highest BCUT2D eigenvalue weighted by atomic mass is 19.4. The van der Waals surface area contributed by atoms with Gasteiger partial charge in [-0.05, 0) is 55.3 Å². The number of aryl methyl sites for hydroxylation is 2. The van der Waals surface area contributed by atoms with Gasteiger partial charge < -0.3 is 10.6 Å². The first-order chi connectivity index (χ1) is 10.3. The third kappa shape index (κ3) is 4.00. The lowest BCUT2D eigenvalue weighted by molar-refractivity contribution is -0.137. The molecule has 2 aromatic carbocycles. The van der Waals surface area contributed by atoms with Crippen molar-refractivity contribution in [3.63, 3.8) is 0 Å². The minimum Gasteiger partial charge on any atom is -0.308 e. The molecule has 3 nitrogen and oxygen atoms in total. The largest absolute Gasteiger partial charge is 0.416 e. The van der Waals surface area contributed by atoms with Crippen LogP contribution < -0.4 is 10.6 Å². The Morgan fingerprint density at radius 3 is 2.14 bits per heavy atom. The topological polar surface area (TPSA) is 41.1 Å². The van der Waals surface area contributed by atoms with Gasteiger partial charge >= 0.3 is 12.2 Å². The van der Waals surface area contributed by atoms with E-state index < -0.39 is 17.8 Å². The highest BCUT2D eigenvalue weighted by Gasteiger charge is 2.30. The van der Waals surface area contributed by atoms with Gasteiger partial charge in [-0.1, -0.05) is 12.1 Å². The maximum atomic E-state index is 12.6. The van der Waals surface area contributed by atoms with E-state index in [-0.39, 0.29) is 5.69 Å². The van der Waals surface area contributed by atoms with Crippen LogP contribution >= 0.6 is 0 Å². The zero-order valence-corrected chi connectivity index (χ0v) is 12.1. The van der Waals surface area contributed by atoms with E-state index in [1.807, 2.05) is 19.9 Å². The highest BCUT2D eigenvalue weighted by molar-refractivity contribution is 5.99. The van der Waals surface area contributed by atoms with Gasteiger partial charge in [0.15, 0.2) is 0 Å². The Hall–Kier alpha value is -2.50. The molecule has 6 heteroatoms. The van der Waals surface area contributed by atoms with Crippen LogP contribution in [0.1, 0.15) is 16.7 Å². The molecule has 0 spiro atoms. The summed E-state index contributed by atoms with van der Waals surface area (Å²) in [5.74, 6) is 0. The van der Waals surface area contributed by atoms with Gasteiger partial charge in [-0.25, -0.2) is 4.79 Å². The maximum Gasteiger partial charge on any atom is 0.416 e. The third-order valence-corrected chi connectivity index (χ3v) is 3.21. The number of nitrogens with one attached hydrogen (secondary N) is 2. The second kappa shape index (κ2) is 6.09. The SMILES string of the molecule is Cc1ccc(NC(=O)Nc2cccc(C(F)(F)F)c2)cc1C. The molecule has 0 unspecified atom stereocenters. The molecule has 0 radical (unpaired) electrons. The average Bonchev–Trinajstić information content (AvgIpc) is 2.42. The van der Waals surface area contributed by atoms with Crippen molar-refractivity contribution in [3.8, 4) is 0 Å². The molecule has 2 amide bonds. The van der Waals surface area contributed by atoms with Crippen LogP contribution in [0.4, 0.5) is 29.3 Å². The lowest BCUT2D eigenvalue weighted by Crippen LogP contribution is -2.19. The highest BCUT2D eigenvalue weighted by Crippen LogP contribution is 2.30. The molecular formula is C16H15F3N2O. The molecule has 2 N–H and O–H groups in total. The molecule has 0 saturated heterocycles. The number of amides is 2. The third-order valence-electron chi connectivity index (χ3n) is 3.21. The predicted octanol–water partition coefficient (Wildman–Crippen LogP) is 4.97. The van der Waals surface area contributed by atoms with Gasteiger partial charge in [0, 0.05) is 11.4 Å². The second-order valence-electron chi connectivity index (χ2n) is 4.96. The fraction of sp³-hybridized carbons (Fsp3) is 0.188. The molecule has 0 heterocycles. The Morgan fingerprint density at radius 1 is 0.909 bits per heavy atom. The van der Waals surface area contributed by atoms with Gasteiger partial charge in [0.1, 0.15) is 0 Å². The molecule has 116 valence electrons. The summed E-state index contributed by atoms with van der Waals surface area (Å²) in [5, 5.41) is 4.97. The number of hydrogen-bond donors (Lipinski definition) is 2. The Kier molecular flexibility index (Phi) is 4.40. The Balaban J connectivity index is 2.07. The van der Waals surface area contributed by atoms with Crippen molar-refractivity contribution in [2.24, 2.45) is 0 Å². The predicted molar refractivity (Wildman–Crippen MR) is 80.0 cm³/mol. The van der Waals surface area contributed by atoms with E-state index in [9.17, 15) is 18.0 Å². The molecule has 0 bridgehead atoms. The summed E-state index contributed by atoms with van der Waals surface area (Å²) in [6.07, 6.45) is -4.44. The van der Waals surface area contributed by atoms with E-state index in [2.05, 4.69) is 10.6 Å². The van der Waals surface area contributed by atoms with Crippen molar-refractivity contribution in [1.29, 1.82) is 0 Å². The van der Waals surface area contributed by atoms with E-state index >= 15 is 0 Å². The number of alkyl halides is 3. The first-order valence-corrected chi connectivity index (χ1v) is 6.58. The van der Waals surface area contributed by atoms with Gasteiger partial charge in [0.05, 0.1) is 5.56 Å². The Morgan fingerprint density at radius 2 is 1.55 bits per heavy atom. The minimum atomic E-state index is -4.44. The number of hydrogen-bond acceptors (Lipinski definition) is 1. The Bertz CT molecular complexity index is 696. The maximum absolute atomic E-state index is 12.6. The van der Waals surface area contributed by atoms with Gasteiger partial charge in [-0.3, -0.25) is 0 Å². The van der Waals surface area contributed by atoms with E-state index in [1.165, 1.54) is 12.1 Å². The first kappa shape index (κ1) is 15.9. The van der Waals surface area contributed by atoms with Crippen LogP contribution in [0.15, 0.2) is 42.5 Å². The van der Waals surface area contributed by atoms with Crippen molar-refractivity contribution < 1.29 is 18.0 Å². The zero-order valence-electron chi connectivity index (χ0n) is 12.1. The normalized spacial score (nSPS) is 11.1. The smallest absolute Gasteiger partial charge is 0.308 e. The summed E-state index contributed by atoms with van der Waals surface area (Å²) < 4.78 is 37.8. The van der Waals surface area contributed by atoms with Gasteiger partial charge in [-0.15, -0.1) is 0 Å². The van der Waals surface area contributed by atoms with Gasteiger partial charge in [0.25, 0.3) is 0 Å². The van der Waals surface area contributed by atoms with Crippen molar-refractivity contribution in [1.82, 2.24) is 0 Å². The fourth-order valence-electron chi connectivity index (χ4n) is 1.89. The van der Waals surface area contributed by atoms with E-state index in [4.69, 9.17) is 0 Å². The zero-order chi connectivity index (χ0) is 16.3. The van der Waals surface area contributed by atoms with Crippen LogP contribution in [0.2, 0.25) is 0 Å². The number of benzene rings is 2. The van der Waals surface area contributed by atoms with Crippen LogP contribution in [0.5, 0.6) is 0 Å². The molecule has 0 fully saturated rings. The first-order valence-electron chi connectivity index (χ1n) is 6.58. The van der Waals surface area contributed by atoms with E-state index in [0.717, 1.165) is 23.3 Å². The number of urea groups is 1. The number of carbonyl (C=O) groups excluding carboxylic acids is 1. The van der Waals surface area contributed by atoms with E-state index in [0.29, 0.717) is 5.69 Å². The number of anilines is 2. The molecule has 0 aliphatic carbocycles. The lowest BCUT2D eigenvalue weighted by atomic mass is 10.1. The molecule has 0 atom stereocenters. The van der Waals surface area contributed by atoms with Crippen LogP contribution in [-0.2, 0) is 6.18 Å². The van der Waals surface area contributed by atoms with Gasteiger partial charge in [-0.2, -0.15) is 13.2 Å². The number of rotatable bonds is 2. The summed E-state index contributed by atoms with van der Waals surface area (Å²) in [5.41, 5.74) is 1.95. The Labute approximate surface area is 126 Å². The molecule has 22 heavy (non-hydrogen) atoms. The van der Waals surface area contributed by atoms with E-state index in [1.54, 1.807) is 12.1 Å². The second-order valence-corrected chi connectivity index (χ2v) is 4.96. The molecule has 2 aromatic rings. The molecule has 0 saturated carbocycles. The molecule has 0 aliphatic rings. The standard InChI is InChI=1S/C16H15F3N2O/c1-10-6-7-14(8-11(10)2)21-15(22)20-13-5-3-4-12(9-13)16(17,18)19/h3-9H,1-2H3,(H2,20,21,22). The summed E-state index contributed by atoms with van der Waals surface area (Å²) in [6.45, 7) is 3.85. The van der Waals surface area contributed by atoms with Crippen LogP contribution in [0, 0.1) is 13.8 Å². The van der Waals surface area contributed by atoms with Crippen molar-refractivity contribution in [2.45, 2.75) is 20.0 Å².